The molecule has 1 aliphatic heterocycles. The van der Waals surface area contributed by atoms with Gasteiger partial charge in [0.1, 0.15) is 6.54 Å². The number of amides is 1. The minimum absolute atomic E-state index is 0.0169. The lowest BCUT2D eigenvalue weighted by atomic mass is 10.0. The number of carbonyl (C=O) groups excluding carboxylic acids is 1. The van der Waals surface area contributed by atoms with E-state index in [1.165, 1.54) is 5.69 Å². The normalized spacial score (nSPS) is 15.7. The van der Waals surface area contributed by atoms with Crippen molar-refractivity contribution < 1.29 is 9.53 Å². The predicted molar refractivity (Wildman–Crippen MR) is 106 cm³/mol. The van der Waals surface area contributed by atoms with Crippen molar-refractivity contribution >= 4 is 17.6 Å². The van der Waals surface area contributed by atoms with E-state index in [1.807, 2.05) is 6.07 Å². The molecule has 144 valence electrons. The highest BCUT2D eigenvalue weighted by Gasteiger charge is 2.20. The van der Waals surface area contributed by atoms with Crippen molar-refractivity contribution in [3.8, 4) is 0 Å². The molecule has 7 heteroatoms. The predicted octanol–water partition coefficient (Wildman–Crippen LogP) is 0.925. The highest BCUT2D eigenvalue weighted by molar-refractivity contribution is 5.84. The number of nitrogens with zero attached hydrogens (tertiary/aromatic N) is 3. The van der Waals surface area contributed by atoms with Crippen molar-refractivity contribution in [2.45, 2.75) is 18.9 Å². The fourth-order valence-corrected chi connectivity index (χ4v) is 2.83. The minimum Gasteiger partial charge on any atom is -0.383 e. The maximum Gasteiger partial charge on any atom is 0.243 e. The number of piperidine rings is 1. The van der Waals surface area contributed by atoms with Crippen molar-refractivity contribution in [2.24, 2.45) is 4.99 Å². The molecule has 1 aromatic rings. The molecule has 26 heavy (non-hydrogen) atoms. The number of aliphatic imine (C=N–C) groups is 1. The number of hydrogen-bond acceptors (Lipinski definition) is 4. The van der Waals surface area contributed by atoms with Crippen LogP contribution in [0.15, 0.2) is 35.3 Å². The number of rotatable bonds is 7. The standard InChI is InChI=1S/C19H31N5O2/c1-23(2)18(25)15-21-19(20-11-14-26-3)22-16-9-12-24(13-10-16)17-7-5-4-6-8-17/h4-8,16H,9-15H2,1-3H3,(H2,20,21,22). The van der Waals surface area contributed by atoms with Gasteiger partial charge in [0.2, 0.25) is 5.91 Å². The molecule has 7 nitrogen and oxygen atoms in total. The monoisotopic (exact) mass is 361 g/mol. The van der Waals surface area contributed by atoms with Gasteiger partial charge in [0.05, 0.1) is 6.61 Å². The van der Waals surface area contributed by atoms with Crippen LogP contribution in [0, 0.1) is 0 Å². The summed E-state index contributed by atoms with van der Waals surface area (Å²) in [6, 6.07) is 10.8. The van der Waals surface area contributed by atoms with Gasteiger partial charge < -0.3 is 25.2 Å². The van der Waals surface area contributed by atoms with Crippen LogP contribution < -0.4 is 15.5 Å². The van der Waals surface area contributed by atoms with Crippen LogP contribution in [0.1, 0.15) is 12.8 Å². The first-order valence-electron chi connectivity index (χ1n) is 9.14. The highest BCUT2D eigenvalue weighted by atomic mass is 16.5. The maximum atomic E-state index is 11.8. The number of likely N-dealkylation sites (N-methyl/N-ethyl adjacent to an activating group) is 1. The third-order valence-electron chi connectivity index (χ3n) is 4.43. The second kappa shape index (κ2) is 10.7. The molecule has 1 aromatic carbocycles. The SMILES string of the molecule is COCCNC(=NCC(=O)N(C)C)NC1CCN(c2ccccc2)CC1. The molecule has 0 atom stereocenters. The van der Waals surface area contributed by atoms with Crippen molar-refractivity contribution in [3.05, 3.63) is 30.3 Å². The van der Waals surface area contributed by atoms with Gasteiger partial charge in [0.15, 0.2) is 5.96 Å². The first-order valence-corrected chi connectivity index (χ1v) is 9.14. The van der Waals surface area contributed by atoms with Crippen LogP contribution in [0.2, 0.25) is 0 Å². The zero-order valence-electron chi connectivity index (χ0n) is 16.1. The van der Waals surface area contributed by atoms with Gasteiger partial charge in [-0.3, -0.25) is 4.79 Å². The van der Waals surface area contributed by atoms with Crippen LogP contribution in [0.4, 0.5) is 5.69 Å². The molecule has 0 saturated carbocycles. The number of carbonyl (C=O) groups is 1. The maximum absolute atomic E-state index is 11.8. The smallest absolute Gasteiger partial charge is 0.243 e. The van der Waals surface area contributed by atoms with E-state index in [9.17, 15) is 4.79 Å². The Labute approximate surface area is 156 Å². The van der Waals surface area contributed by atoms with E-state index in [0.29, 0.717) is 25.2 Å². The lowest BCUT2D eigenvalue weighted by molar-refractivity contribution is -0.127. The number of guanidine groups is 1. The van der Waals surface area contributed by atoms with E-state index in [-0.39, 0.29) is 12.5 Å². The Morgan fingerprint density at radius 1 is 1.27 bits per heavy atom. The third-order valence-corrected chi connectivity index (χ3v) is 4.43. The summed E-state index contributed by atoms with van der Waals surface area (Å²) in [6.07, 6.45) is 2.06. The van der Waals surface area contributed by atoms with Crippen LogP contribution in [0.25, 0.3) is 0 Å². The van der Waals surface area contributed by atoms with Gasteiger partial charge in [-0.05, 0) is 25.0 Å². The Hall–Kier alpha value is -2.28. The molecule has 1 aliphatic rings. The first-order chi connectivity index (χ1) is 12.6. The van der Waals surface area contributed by atoms with Crippen molar-refractivity contribution in [2.75, 3.05) is 58.9 Å². The fraction of sp³-hybridized carbons (Fsp3) is 0.579. The van der Waals surface area contributed by atoms with Crippen LogP contribution in [0.5, 0.6) is 0 Å². The lowest BCUT2D eigenvalue weighted by Gasteiger charge is -2.34. The Balaban J connectivity index is 1.87. The Kier molecular flexibility index (Phi) is 8.21. The number of para-hydroxylation sites is 1. The quantitative estimate of drug-likeness (QED) is 0.429. The number of anilines is 1. The van der Waals surface area contributed by atoms with Gasteiger partial charge in [-0.2, -0.15) is 0 Å². The molecule has 0 bridgehead atoms. The van der Waals surface area contributed by atoms with Crippen LogP contribution in [-0.2, 0) is 9.53 Å². The lowest BCUT2D eigenvalue weighted by Crippen LogP contribution is -2.49. The summed E-state index contributed by atoms with van der Waals surface area (Å²) in [6.45, 7) is 3.39. The summed E-state index contributed by atoms with van der Waals surface area (Å²) in [5.41, 5.74) is 1.27. The van der Waals surface area contributed by atoms with E-state index in [1.54, 1.807) is 26.1 Å². The molecule has 2 rings (SSSR count). The zero-order chi connectivity index (χ0) is 18.8. The largest absolute Gasteiger partial charge is 0.383 e. The number of ether oxygens (including phenoxy) is 1. The average Bonchev–Trinajstić information content (AvgIpc) is 2.67. The molecule has 0 aromatic heterocycles. The van der Waals surface area contributed by atoms with E-state index in [0.717, 1.165) is 25.9 Å². The van der Waals surface area contributed by atoms with Gasteiger partial charge in [0.25, 0.3) is 0 Å². The summed E-state index contributed by atoms with van der Waals surface area (Å²) < 4.78 is 5.08. The molecule has 1 amide bonds. The number of benzene rings is 1. The number of hydrogen-bond donors (Lipinski definition) is 2. The topological polar surface area (TPSA) is 69.2 Å². The number of methoxy groups -OCH3 is 1. The summed E-state index contributed by atoms with van der Waals surface area (Å²) in [4.78, 5) is 20.2. The van der Waals surface area contributed by atoms with Gasteiger partial charge in [0, 0.05) is 52.6 Å². The summed E-state index contributed by atoms with van der Waals surface area (Å²) >= 11 is 0. The fourth-order valence-electron chi connectivity index (χ4n) is 2.83. The van der Waals surface area contributed by atoms with Gasteiger partial charge in [-0.1, -0.05) is 18.2 Å². The Bertz CT molecular complexity index is 569. The van der Waals surface area contributed by atoms with Crippen molar-refractivity contribution in [1.29, 1.82) is 0 Å². The van der Waals surface area contributed by atoms with Crippen LogP contribution in [0.3, 0.4) is 0 Å². The second-order valence-corrected chi connectivity index (χ2v) is 6.61. The van der Waals surface area contributed by atoms with Crippen LogP contribution in [-0.4, -0.2) is 76.8 Å². The Morgan fingerprint density at radius 2 is 1.96 bits per heavy atom. The summed E-state index contributed by atoms with van der Waals surface area (Å²) in [5.74, 6) is 0.659. The molecular weight excluding hydrogens is 330 g/mol. The van der Waals surface area contributed by atoms with Crippen molar-refractivity contribution in [1.82, 2.24) is 15.5 Å². The van der Waals surface area contributed by atoms with Crippen molar-refractivity contribution in [3.63, 3.8) is 0 Å². The third kappa shape index (κ3) is 6.55. The summed E-state index contributed by atoms with van der Waals surface area (Å²) in [5, 5.41) is 6.70. The van der Waals surface area contributed by atoms with E-state index in [2.05, 4.69) is 44.8 Å². The first kappa shape index (κ1) is 20.0. The molecule has 2 N–H and O–H groups in total. The Morgan fingerprint density at radius 3 is 2.58 bits per heavy atom. The molecule has 0 unspecified atom stereocenters. The molecule has 1 fully saturated rings. The van der Waals surface area contributed by atoms with Gasteiger partial charge in [-0.25, -0.2) is 4.99 Å². The molecule has 1 saturated heterocycles. The van der Waals surface area contributed by atoms with E-state index in [4.69, 9.17) is 4.74 Å². The highest BCUT2D eigenvalue weighted by Crippen LogP contribution is 2.19. The second-order valence-electron chi connectivity index (χ2n) is 6.61. The number of nitrogens with one attached hydrogen (secondary N) is 2. The average molecular weight is 361 g/mol. The zero-order valence-corrected chi connectivity index (χ0v) is 16.1. The van der Waals surface area contributed by atoms with E-state index < -0.39 is 0 Å². The molecule has 0 spiro atoms. The minimum atomic E-state index is -0.0169. The van der Waals surface area contributed by atoms with Gasteiger partial charge in [-0.15, -0.1) is 0 Å². The molecule has 1 heterocycles. The molecule has 0 radical (unpaired) electrons. The van der Waals surface area contributed by atoms with Crippen LogP contribution >= 0.6 is 0 Å². The van der Waals surface area contributed by atoms with Gasteiger partial charge >= 0.3 is 0 Å². The molecule has 0 aliphatic carbocycles. The summed E-state index contributed by atoms with van der Waals surface area (Å²) in [7, 11) is 5.14. The molecular formula is C19H31N5O2. The van der Waals surface area contributed by atoms with E-state index >= 15 is 0 Å².